The highest BCUT2D eigenvalue weighted by atomic mass is 14.4. The van der Waals surface area contributed by atoms with Gasteiger partial charge in [0.05, 0.1) is 0 Å². The minimum atomic E-state index is 1.10. The van der Waals surface area contributed by atoms with E-state index < -0.39 is 0 Å². The van der Waals surface area contributed by atoms with E-state index in [-0.39, 0.29) is 0 Å². The lowest BCUT2D eigenvalue weighted by Gasteiger charge is -2.42. The lowest BCUT2D eigenvalue weighted by molar-refractivity contribution is 0.0904. The molecule has 0 nitrogen and oxygen atoms in total. The van der Waals surface area contributed by atoms with Crippen molar-refractivity contribution in [2.45, 2.75) is 110 Å². The fraction of sp³-hybridized carbons (Fsp3) is 1.00. The number of fused-ring (bicyclic) bond motifs is 1. The van der Waals surface area contributed by atoms with Gasteiger partial charge in [-0.25, -0.2) is 0 Å². The van der Waals surface area contributed by atoms with Crippen LogP contribution >= 0.6 is 0 Å². The molecular formula is C21H40. The lowest BCUT2D eigenvalue weighted by Crippen LogP contribution is -2.31. The summed E-state index contributed by atoms with van der Waals surface area (Å²) < 4.78 is 0. The molecule has 0 saturated heterocycles. The van der Waals surface area contributed by atoms with Gasteiger partial charge in [0.2, 0.25) is 0 Å². The Morgan fingerprint density at radius 3 is 1.57 bits per heavy atom. The van der Waals surface area contributed by atoms with Crippen molar-refractivity contribution in [2.24, 2.45) is 23.7 Å². The molecule has 0 aromatic heterocycles. The summed E-state index contributed by atoms with van der Waals surface area (Å²) in [5.74, 6) is 4.44. The average Bonchev–Trinajstić information content (AvgIpc) is 2.52. The second kappa shape index (κ2) is 9.90. The summed E-state index contributed by atoms with van der Waals surface area (Å²) in [6, 6.07) is 0. The molecule has 4 atom stereocenters. The molecule has 2 unspecified atom stereocenters. The molecular weight excluding hydrogens is 252 g/mol. The van der Waals surface area contributed by atoms with Crippen molar-refractivity contribution < 1.29 is 0 Å². The smallest absolute Gasteiger partial charge is 0.0383 e. The third kappa shape index (κ3) is 5.95. The molecule has 2 aliphatic rings. The first-order valence-corrected chi connectivity index (χ1v) is 10.3. The van der Waals surface area contributed by atoms with Gasteiger partial charge in [0, 0.05) is 0 Å². The minimum Gasteiger partial charge on any atom is -0.0654 e. The molecule has 2 saturated carbocycles. The average molecular weight is 293 g/mol. The van der Waals surface area contributed by atoms with Gasteiger partial charge in [-0.1, -0.05) is 84.5 Å². The van der Waals surface area contributed by atoms with Crippen LogP contribution in [0.4, 0.5) is 0 Å². The number of hydrogen-bond acceptors (Lipinski definition) is 0. The molecule has 0 heteroatoms. The molecule has 0 bridgehead atoms. The van der Waals surface area contributed by atoms with Crippen molar-refractivity contribution in [3.8, 4) is 0 Å². The second-order valence-electron chi connectivity index (χ2n) is 8.22. The molecule has 21 heavy (non-hydrogen) atoms. The van der Waals surface area contributed by atoms with Gasteiger partial charge < -0.3 is 0 Å². The molecule has 0 aromatic carbocycles. The summed E-state index contributed by atoms with van der Waals surface area (Å²) in [4.78, 5) is 0. The third-order valence-corrected chi connectivity index (χ3v) is 6.51. The Balaban J connectivity index is 1.63. The summed E-state index contributed by atoms with van der Waals surface area (Å²) in [5.41, 5.74) is 0. The van der Waals surface area contributed by atoms with Crippen LogP contribution in [-0.4, -0.2) is 0 Å². The molecule has 0 heterocycles. The van der Waals surface area contributed by atoms with E-state index in [1.165, 1.54) is 51.4 Å². The molecule has 0 N–H and O–H groups in total. The molecule has 124 valence electrons. The van der Waals surface area contributed by atoms with E-state index >= 15 is 0 Å². The van der Waals surface area contributed by atoms with Gasteiger partial charge in [0.25, 0.3) is 0 Å². The SMILES string of the molecule is CCCCCC[C@@H]1CC[C@@H]2CC(CCCCC)CCC2C1. The highest BCUT2D eigenvalue weighted by Crippen LogP contribution is 2.46. The predicted octanol–water partition coefficient (Wildman–Crippen LogP) is 7.37. The van der Waals surface area contributed by atoms with Gasteiger partial charge in [-0.05, 0) is 49.4 Å². The normalized spacial score (nSPS) is 32.9. The topological polar surface area (TPSA) is 0 Å². The fourth-order valence-corrected chi connectivity index (χ4v) is 5.15. The van der Waals surface area contributed by atoms with Gasteiger partial charge in [-0.3, -0.25) is 0 Å². The van der Waals surface area contributed by atoms with Crippen LogP contribution in [0.25, 0.3) is 0 Å². The van der Waals surface area contributed by atoms with Crippen LogP contribution in [0.15, 0.2) is 0 Å². The van der Waals surface area contributed by atoms with Crippen molar-refractivity contribution in [3.63, 3.8) is 0 Å². The summed E-state index contributed by atoms with van der Waals surface area (Å²) >= 11 is 0. The van der Waals surface area contributed by atoms with Crippen molar-refractivity contribution >= 4 is 0 Å². The van der Waals surface area contributed by atoms with Crippen LogP contribution in [0.3, 0.4) is 0 Å². The maximum Gasteiger partial charge on any atom is -0.0383 e. The van der Waals surface area contributed by atoms with Crippen molar-refractivity contribution in [1.82, 2.24) is 0 Å². The van der Waals surface area contributed by atoms with Crippen LogP contribution in [0.5, 0.6) is 0 Å². The van der Waals surface area contributed by atoms with Crippen LogP contribution in [0, 0.1) is 23.7 Å². The summed E-state index contributed by atoms with van der Waals surface area (Å²) in [6.07, 6.45) is 22.7. The Labute approximate surface area is 134 Å². The van der Waals surface area contributed by atoms with Crippen molar-refractivity contribution in [2.75, 3.05) is 0 Å². The van der Waals surface area contributed by atoms with E-state index in [9.17, 15) is 0 Å². The van der Waals surface area contributed by atoms with Crippen LogP contribution in [0.2, 0.25) is 0 Å². The Kier molecular flexibility index (Phi) is 8.19. The number of rotatable bonds is 9. The molecule has 0 aliphatic heterocycles. The molecule has 0 aromatic rings. The fourth-order valence-electron chi connectivity index (χ4n) is 5.15. The van der Waals surface area contributed by atoms with Crippen LogP contribution < -0.4 is 0 Å². The molecule has 0 amide bonds. The van der Waals surface area contributed by atoms with Crippen LogP contribution in [0.1, 0.15) is 110 Å². The number of unbranched alkanes of at least 4 members (excludes halogenated alkanes) is 5. The lowest BCUT2D eigenvalue weighted by atomic mass is 9.63. The summed E-state index contributed by atoms with van der Waals surface area (Å²) in [6.45, 7) is 4.66. The molecule has 2 fully saturated rings. The standard InChI is InChI=1S/C21H40/c1-3-5-7-9-11-19-13-15-20-16-18(10-8-6-4-2)12-14-21(20)17-19/h18-21H,3-17H2,1-2H3/t18?,19-,20-,21?/m1/s1. The highest BCUT2D eigenvalue weighted by Gasteiger charge is 2.34. The third-order valence-electron chi connectivity index (χ3n) is 6.51. The maximum atomic E-state index is 2.33. The van der Waals surface area contributed by atoms with Gasteiger partial charge in [0.15, 0.2) is 0 Å². The van der Waals surface area contributed by atoms with E-state index in [0.29, 0.717) is 0 Å². The van der Waals surface area contributed by atoms with Gasteiger partial charge in [-0.2, -0.15) is 0 Å². The van der Waals surface area contributed by atoms with Crippen molar-refractivity contribution in [1.29, 1.82) is 0 Å². The Morgan fingerprint density at radius 2 is 1.05 bits per heavy atom. The summed E-state index contributed by atoms with van der Waals surface area (Å²) in [7, 11) is 0. The van der Waals surface area contributed by atoms with E-state index in [1.807, 2.05) is 0 Å². The minimum absolute atomic E-state index is 1.10. The Bertz CT molecular complexity index is 257. The molecule has 2 rings (SSSR count). The van der Waals surface area contributed by atoms with E-state index in [0.717, 1.165) is 23.7 Å². The van der Waals surface area contributed by atoms with Gasteiger partial charge >= 0.3 is 0 Å². The summed E-state index contributed by atoms with van der Waals surface area (Å²) in [5, 5.41) is 0. The first-order valence-electron chi connectivity index (χ1n) is 10.3. The molecule has 0 radical (unpaired) electrons. The predicted molar refractivity (Wildman–Crippen MR) is 94.6 cm³/mol. The second-order valence-corrected chi connectivity index (χ2v) is 8.22. The first-order chi connectivity index (χ1) is 10.3. The van der Waals surface area contributed by atoms with Crippen molar-refractivity contribution in [3.05, 3.63) is 0 Å². The van der Waals surface area contributed by atoms with E-state index in [1.54, 1.807) is 44.9 Å². The molecule has 0 spiro atoms. The van der Waals surface area contributed by atoms with Gasteiger partial charge in [0.1, 0.15) is 0 Å². The zero-order valence-corrected chi connectivity index (χ0v) is 14.9. The van der Waals surface area contributed by atoms with Gasteiger partial charge in [-0.15, -0.1) is 0 Å². The zero-order chi connectivity index (χ0) is 14.9. The van der Waals surface area contributed by atoms with Crippen LogP contribution in [-0.2, 0) is 0 Å². The first kappa shape index (κ1) is 17.4. The number of hydrogen-bond donors (Lipinski definition) is 0. The Morgan fingerprint density at radius 1 is 0.571 bits per heavy atom. The largest absolute Gasteiger partial charge is 0.0654 e. The quantitative estimate of drug-likeness (QED) is 0.389. The molecule has 2 aliphatic carbocycles. The monoisotopic (exact) mass is 292 g/mol. The zero-order valence-electron chi connectivity index (χ0n) is 14.9. The van der Waals surface area contributed by atoms with E-state index in [2.05, 4.69) is 13.8 Å². The Hall–Kier alpha value is 0. The van der Waals surface area contributed by atoms with E-state index in [4.69, 9.17) is 0 Å². The highest BCUT2D eigenvalue weighted by molar-refractivity contribution is 4.86. The maximum absolute atomic E-state index is 2.33.